The Bertz CT molecular complexity index is 364. The van der Waals surface area contributed by atoms with Crippen LogP contribution in [-0.2, 0) is 16.8 Å². The van der Waals surface area contributed by atoms with Gasteiger partial charge in [0.15, 0.2) is 0 Å². The summed E-state index contributed by atoms with van der Waals surface area (Å²) < 4.78 is 5.65. The molecule has 1 aliphatic heterocycles. The molecule has 2 rings (SSSR count). The van der Waals surface area contributed by atoms with Crippen molar-refractivity contribution in [2.24, 2.45) is 0 Å². The van der Waals surface area contributed by atoms with Crippen LogP contribution in [-0.4, -0.2) is 6.61 Å². The Morgan fingerprint density at radius 1 is 1.27 bits per heavy atom. The van der Waals surface area contributed by atoms with E-state index in [1.165, 1.54) is 16.7 Å². The van der Waals surface area contributed by atoms with Crippen LogP contribution in [0.15, 0.2) is 18.2 Å². The molecule has 0 unspecified atom stereocenters. The lowest BCUT2D eigenvalue weighted by Gasteiger charge is -2.32. The van der Waals surface area contributed by atoms with Gasteiger partial charge in [-0.2, -0.15) is 0 Å². The fourth-order valence-corrected chi connectivity index (χ4v) is 2.25. The molecule has 1 aromatic rings. The first-order chi connectivity index (χ1) is 7.00. The number of hydrogen-bond acceptors (Lipinski definition) is 1. The largest absolute Gasteiger partial charge is 0.376 e. The monoisotopic (exact) mass is 204 g/mol. The van der Waals surface area contributed by atoms with E-state index in [0.717, 1.165) is 13.2 Å². The summed E-state index contributed by atoms with van der Waals surface area (Å²) in [5.41, 5.74) is 4.41. The minimum atomic E-state index is 0.170. The van der Waals surface area contributed by atoms with Gasteiger partial charge in [0.25, 0.3) is 0 Å². The maximum absolute atomic E-state index is 5.65. The van der Waals surface area contributed by atoms with E-state index in [0.29, 0.717) is 5.92 Å². The SMILES string of the molecule is CC(C)c1ccc2c(c1)COCC2(C)C. The van der Waals surface area contributed by atoms with Gasteiger partial charge in [-0.15, -0.1) is 0 Å². The summed E-state index contributed by atoms with van der Waals surface area (Å²) in [7, 11) is 0. The van der Waals surface area contributed by atoms with E-state index < -0.39 is 0 Å². The molecule has 1 nitrogen and oxygen atoms in total. The molecule has 0 aromatic heterocycles. The van der Waals surface area contributed by atoms with E-state index in [9.17, 15) is 0 Å². The molecule has 0 N–H and O–H groups in total. The number of fused-ring (bicyclic) bond motifs is 1. The molecule has 0 radical (unpaired) electrons. The zero-order chi connectivity index (χ0) is 11.1. The highest BCUT2D eigenvalue weighted by molar-refractivity contribution is 5.38. The molecule has 0 saturated heterocycles. The Morgan fingerprint density at radius 3 is 2.67 bits per heavy atom. The Balaban J connectivity index is 2.45. The number of rotatable bonds is 1. The summed E-state index contributed by atoms with van der Waals surface area (Å²) in [5.74, 6) is 0.598. The first-order valence-electron chi connectivity index (χ1n) is 5.72. The minimum Gasteiger partial charge on any atom is -0.376 e. The zero-order valence-corrected chi connectivity index (χ0v) is 10.1. The fourth-order valence-electron chi connectivity index (χ4n) is 2.25. The van der Waals surface area contributed by atoms with Crippen molar-refractivity contribution in [1.29, 1.82) is 0 Å². The average molecular weight is 204 g/mol. The predicted molar refractivity (Wildman–Crippen MR) is 63.2 cm³/mol. The zero-order valence-electron chi connectivity index (χ0n) is 10.1. The molecule has 1 aromatic carbocycles. The Hall–Kier alpha value is -0.820. The van der Waals surface area contributed by atoms with E-state index in [2.05, 4.69) is 45.9 Å². The third-order valence-electron chi connectivity index (χ3n) is 3.25. The van der Waals surface area contributed by atoms with Crippen molar-refractivity contribution in [1.82, 2.24) is 0 Å². The lowest BCUT2D eigenvalue weighted by atomic mass is 9.80. The highest BCUT2D eigenvalue weighted by Crippen LogP contribution is 2.33. The fraction of sp³-hybridized carbons (Fsp3) is 0.571. The van der Waals surface area contributed by atoms with Gasteiger partial charge >= 0.3 is 0 Å². The first kappa shape index (κ1) is 10.7. The summed E-state index contributed by atoms with van der Waals surface area (Å²) in [4.78, 5) is 0. The van der Waals surface area contributed by atoms with Crippen LogP contribution in [0.2, 0.25) is 0 Å². The van der Waals surface area contributed by atoms with Crippen molar-refractivity contribution >= 4 is 0 Å². The second kappa shape index (κ2) is 3.64. The molecule has 1 heteroatoms. The van der Waals surface area contributed by atoms with Crippen molar-refractivity contribution in [3.63, 3.8) is 0 Å². The standard InChI is InChI=1S/C14H20O/c1-10(2)11-5-6-13-12(7-11)8-15-9-14(13,3)4/h5-7,10H,8-9H2,1-4H3. The smallest absolute Gasteiger partial charge is 0.0720 e. The van der Waals surface area contributed by atoms with Crippen molar-refractivity contribution in [3.05, 3.63) is 34.9 Å². The van der Waals surface area contributed by atoms with Gasteiger partial charge in [0.1, 0.15) is 0 Å². The number of benzene rings is 1. The molecule has 15 heavy (non-hydrogen) atoms. The second-order valence-electron chi connectivity index (χ2n) is 5.45. The van der Waals surface area contributed by atoms with Gasteiger partial charge in [-0.1, -0.05) is 45.9 Å². The van der Waals surface area contributed by atoms with E-state index >= 15 is 0 Å². The van der Waals surface area contributed by atoms with Crippen LogP contribution in [0.5, 0.6) is 0 Å². The van der Waals surface area contributed by atoms with Crippen molar-refractivity contribution in [2.45, 2.75) is 45.6 Å². The Labute approximate surface area is 92.5 Å². The van der Waals surface area contributed by atoms with Crippen LogP contribution in [0.1, 0.15) is 50.3 Å². The number of hydrogen-bond donors (Lipinski definition) is 0. The summed E-state index contributed by atoms with van der Waals surface area (Å²) in [6.45, 7) is 10.6. The maximum atomic E-state index is 5.65. The predicted octanol–water partition coefficient (Wildman–Crippen LogP) is 3.62. The highest BCUT2D eigenvalue weighted by Gasteiger charge is 2.28. The van der Waals surface area contributed by atoms with Gasteiger partial charge in [-0.05, 0) is 22.6 Å². The van der Waals surface area contributed by atoms with Gasteiger partial charge < -0.3 is 4.74 Å². The Kier molecular flexibility index (Phi) is 2.59. The molecular formula is C14H20O. The molecule has 0 atom stereocenters. The summed E-state index contributed by atoms with van der Waals surface area (Å²) in [5, 5.41) is 0. The summed E-state index contributed by atoms with van der Waals surface area (Å²) in [6, 6.07) is 6.85. The van der Waals surface area contributed by atoms with Gasteiger partial charge in [0, 0.05) is 5.41 Å². The molecular weight excluding hydrogens is 184 g/mol. The van der Waals surface area contributed by atoms with Crippen LogP contribution >= 0.6 is 0 Å². The van der Waals surface area contributed by atoms with Gasteiger partial charge in [-0.25, -0.2) is 0 Å². The Morgan fingerprint density at radius 2 is 2.00 bits per heavy atom. The van der Waals surface area contributed by atoms with Crippen LogP contribution in [0.4, 0.5) is 0 Å². The second-order valence-corrected chi connectivity index (χ2v) is 5.45. The maximum Gasteiger partial charge on any atom is 0.0720 e. The lowest BCUT2D eigenvalue weighted by Crippen LogP contribution is -2.30. The molecule has 0 fully saturated rings. The molecule has 0 saturated carbocycles. The molecule has 0 amide bonds. The molecule has 0 aliphatic carbocycles. The third-order valence-corrected chi connectivity index (χ3v) is 3.25. The van der Waals surface area contributed by atoms with Crippen molar-refractivity contribution < 1.29 is 4.74 Å². The first-order valence-corrected chi connectivity index (χ1v) is 5.72. The normalized spacial score (nSPS) is 19.0. The highest BCUT2D eigenvalue weighted by atomic mass is 16.5. The van der Waals surface area contributed by atoms with E-state index in [1.54, 1.807) is 0 Å². The summed E-state index contributed by atoms with van der Waals surface area (Å²) in [6.07, 6.45) is 0. The number of ether oxygens (including phenoxy) is 1. The molecule has 82 valence electrons. The summed E-state index contributed by atoms with van der Waals surface area (Å²) >= 11 is 0. The van der Waals surface area contributed by atoms with Crippen LogP contribution in [0.3, 0.4) is 0 Å². The molecule has 0 bridgehead atoms. The van der Waals surface area contributed by atoms with Gasteiger partial charge in [-0.3, -0.25) is 0 Å². The van der Waals surface area contributed by atoms with Gasteiger partial charge in [0.05, 0.1) is 13.2 Å². The van der Waals surface area contributed by atoms with Crippen molar-refractivity contribution in [3.8, 4) is 0 Å². The average Bonchev–Trinajstić information content (AvgIpc) is 2.16. The topological polar surface area (TPSA) is 9.23 Å². The van der Waals surface area contributed by atoms with Crippen LogP contribution < -0.4 is 0 Å². The third kappa shape index (κ3) is 1.93. The van der Waals surface area contributed by atoms with E-state index in [4.69, 9.17) is 4.74 Å². The molecule has 1 aliphatic rings. The minimum absolute atomic E-state index is 0.170. The quantitative estimate of drug-likeness (QED) is 0.679. The lowest BCUT2D eigenvalue weighted by molar-refractivity contribution is 0.0641. The van der Waals surface area contributed by atoms with Crippen molar-refractivity contribution in [2.75, 3.05) is 6.61 Å². The van der Waals surface area contributed by atoms with E-state index in [-0.39, 0.29) is 5.41 Å². The molecule has 0 spiro atoms. The van der Waals surface area contributed by atoms with Crippen LogP contribution in [0.25, 0.3) is 0 Å². The van der Waals surface area contributed by atoms with E-state index in [1.807, 2.05) is 0 Å². The molecule has 1 heterocycles. The van der Waals surface area contributed by atoms with Gasteiger partial charge in [0.2, 0.25) is 0 Å². The van der Waals surface area contributed by atoms with Crippen LogP contribution in [0, 0.1) is 0 Å².